The lowest BCUT2D eigenvalue weighted by atomic mass is 10.2. The molecule has 0 atom stereocenters. The molecule has 0 aliphatic carbocycles. The van der Waals surface area contributed by atoms with Gasteiger partial charge in [0.15, 0.2) is 0 Å². The van der Waals surface area contributed by atoms with Crippen molar-refractivity contribution in [3.8, 4) is 0 Å². The molecule has 0 unspecified atom stereocenters. The molecule has 2 aromatic heterocycles. The lowest BCUT2D eigenvalue weighted by Crippen LogP contribution is -1.82. The molecule has 0 spiro atoms. The molecule has 0 saturated heterocycles. The highest BCUT2D eigenvalue weighted by molar-refractivity contribution is 6.31. The van der Waals surface area contributed by atoms with Crippen LogP contribution in [0, 0.1) is 0 Å². The van der Waals surface area contributed by atoms with Gasteiger partial charge in [0.2, 0.25) is 0 Å². The second-order valence-electron chi connectivity index (χ2n) is 3.11. The van der Waals surface area contributed by atoms with E-state index in [4.69, 9.17) is 11.6 Å². The SMILES string of the molecule is Clc1cc2ccc3nnccc3c2[nH]1. The fourth-order valence-corrected chi connectivity index (χ4v) is 1.85. The molecular formula is C10H6ClN3. The standard InChI is InChI=1S/C10H6ClN3/c11-9-5-6-1-2-8-7(10(6)13-9)3-4-12-14-8/h1-5,13H. The van der Waals surface area contributed by atoms with Gasteiger partial charge in [0.1, 0.15) is 5.15 Å². The molecule has 0 radical (unpaired) electrons. The number of nitrogens with zero attached hydrogens (tertiary/aromatic N) is 2. The third kappa shape index (κ3) is 0.992. The second kappa shape index (κ2) is 2.69. The van der Waals surface area contributed by atoms with Gasteiger partial charge in [-0.15, -0.1) is 0 Å². The summed E-state index contributed by atoms with van der Waals surface area (Å²) in [5.41, 5.74) is 1.89. The summed E-state index contributed by atoms with van der Waals surface area (Å²) in [4.78, 5) is 3.10. The Morgan fingerprint density at radius 3 is 3.07 bits per heavy atom. The maximum absolute atomic E-state index is 5.89. The molecule has 0 fully saturated rings. The molecule has 4 heteroatoms. The molecule has 1 aromatic carbocycles. The van der Waals surface area contributed by atoms with Crippen LogP contribution in [0.2, 0.25) is 5.15 Å². The van der Waals surface area contributed by atoms with Crippen molar-refractivity contribution < 1.29 is 0 Å². The first-order valence-corrected chi connectivity index (χ1v) is 4.61. The van der Waals surface area contributed by atoms with E-state index in [2.05, 4.69) is 15.2 Å². The second-order valence-corrected chi connectivity index (χ2v) is 3.52. The molecule has 0 aliphatic heterocycles. The van der Waals surface area contributed by atoms with Crippen molar-refractivity contribution in [2.24, 2.45) is 0 Å². The van der Waals surface area contributed by atoms with Crippen molar-refractivity contribution in [2.75, 3.05) is 0 Å². The number of H-pyrrole nitrogens is 1. The Morgan fingerprint density at radius 1 is 1.21 bits per heavy atom. The molecule has 14 heavy (non-hydrogen) atoms. The summed E-state index contributed by atoms with van der Waals surface area (Å²) in [7, 11) is 0. The number of hydrogen-bond donors (Lipinski definition) is 1. The van der Waals surface area contributed by atoms with Gasteiger partial charge in [-0.05, 0) is 18.2 Å². The Balaban J connectivity index is 2.60. The highest BCUT2D eigenvalue weighted by Gasteiger charge is 2.03. The zero-order chi connectivity index (χ0) is 9.54. The number of aromatic nitrogens is 3. The van der Waals surface area contributed by atoms with E-state index < -0.39 is 0 Å². The number of hydrogen-bond acceptors (Lipinski definition) is 2. The zero-order valence-electron chi connectivity index (χ0n) is 7.16. The van der Waals surface area contributed by atoms with E-state index in [9.17, 15) is 0 Å². The van der Waals surface area contributed by atoms with Crippen LogP contribution in [-0.2, 0) is 0 Å². The van der Waals surface area contributed by atoms with Gasteiger partial charge in [0.05, 0.1) is 17.2 Å². The first-order valence-electron chi connectivity index (χ1n) is 4.23. The van der Waals surface area contributed by atoms with Crippen LogP contribution in [0.3, 0.4) is 0 Å². The van der Waals surface area contributed by atoms with E-state index in [1.54, 1.807) is 6.20 Å². The van der Waals surface area contributed by atoms with Crippen LogP contribution < -0.4 is 0 Å². The first-order chi connectivity index (χ1) is 6.84. The van der Waals surface area contributed by atoms with Crippen molar-refractivity contribution >= 4 is 33.4 Å². The van der Waals surface area contributed by atoms with Crippen LogP contribution >= 0.6 is 11.6 Å². The largest absolute Gasteiger partial charge is 0.345 e. The number of rotatable bonds is 0. The van der Waals surface area contributed by atoms with Crippen molar-refractivity contribution in [1.82, 2.24) is 15.2 Å². The normalized spacial score (nSPS) is 11.2. The Morgan fingerprint density at radius 2 is 2.14 bits per heavy atom. The minimum atomic E-state index is 0.643. The van der Waals surface area contributed by atoms with Gasteiger partial charge < -0.3 is 4.98 Å². The van der Waals surface area contributed by atoms with E-state index in [0.717, 1.165) is 21.8 Å². The first kappa shape index (κ1) is 7.76. The number of aromatic amines is 1. The average molecular weight is 204 g/mol. The van der Waals surface area contributed by atoms with E-state index in [0.29, 0.717) is 5.15 Å². The molecule has 68 valence electrons. The van der Waals surface area contributed by atoms with E-state index in [1.807, 2.05) is 24.3 Å². The average Bonchev–Trinajstić information content (AvgIpc) is 2.59. The maximum Gasteiger partial charge on any atom is 0.107 e. The maximum atomic E-state index is 5.89. The van der Waals surface area contributed by atoms with Gasteiger partial charge in [0.25, 0.3) is 0 Å². The molecule has 0 amide bonds. The minimum absolute atomic E-state index is 0.643. The highest BCUT2D eigenvalue weighted by atomic mass is 35.5. The van der Waals surface area contributed by atoms with Crippen LogP contribution in [-0.4, -0.2) is 15.2 Å². The van der Waals surface area contributed by atoms with Crippen molar-refractivity contribution in [2.45, 2.75) is 0 Å². The van der Waals surface area contributed by atoms with Crippen LogP contribution in [0.25, 0.3) is 21.8 Å². The lowest BCUT2D eigenvalue weighted by Gasteiger charge is -1.96. The molecule has 0 bridgehead atoms. The van der Waals surface area contributed by atoms with Gasteiger partial charge in [-0.3, -0.25) is 0 Å². The van der Waals surface area contributed by atoms with Crippen LogP contribution in [0.15, 0.2) is 30.5 Å². The lowest BCUT2D eigenvalue weighted by molar-refractivity contribution is 1.08. The summed E-state index contributed by atoms with van der Waals surface area (Å²) in [6.45, 7) is 0. The summed E-state index contributed by atoms with van der Waals surface area (Å²) in [6, 6.07) is 7.75. The number of benzene rings is 1. The summed E-state index contributed by atoms with van der Waals surface area (Å²) in [5.74, 6) is 0. The molecule has 1 N–H and O–H groups in total. The summed E-state index contributed by atoms with van der Waals surface area (Å²) in [5, 5.41) is 10.6. The predicted molar refractivity (Wildman–Crippen MR) is 56.4 cm³/mol. The van der Waals surface area contributed by atoms with Crippen molar-refractivity contribution in [3.63, 3.8) is 0 Å². The smallest absolute Gasteiger partial charge is 0.107 e. The fraction of sp³-hybridized carbons (Fsp3) is 0. The Kier molecular flexibility index (Phi) is 1.49. The summed E-state index contributed by atoms with van der Waals surface area (Å²) in [6.07, 6.45) is 1.68. The van der Waals surface area contributed by atoms with Gasteiger partial charge in [-0.25, -0.2) is 0 Å². The van der Waals surface area contributed by atoms with E-state index in [-0.39, 0.29) is 0 Å². The van der Waals surface area contributed by atoms with Crippen LogP contribution in [0.4, 0.5) is 0 Å². The van der Waals surface area contributed by atoms with E-state index >= 15 is 0 Å². The molecule has 0 saturated carbocycles. The van der Waals surface area contributed by atoms with Gasteiger partial charge in [0, 0.05) is 10.8 Å². The number of halogens is 1. The number of nitrogens with one attached hydrogen (secondary N) is 1. The van der Waals surface area contributed by atoms with Gasteiger partial charge in [-0.1, -0.05) is 17.7 Å². The summed E-state index contributed by atoms with van der Waals surface area (Å²) < 4.78 is 0. The van der Waals surface area contributed by atoms with E-state index in [1.165, 1.54) is 0 Å². The van der Waals surface area contributed by atoms with Gasteiger partial charge in [-0.2, -0.15) is 10.2 Å². The van der Waals surface area contributed by atoms with Crippen molar-refractivity contribution in [3.05, 3.63) is 35.6 Å². The Bertz CT molecular complexity index is 615. The zero-order valence-corrected chi connectivity index (χ0v) is 7.92. The van der Waals surface area contributed by atoms with Crippen molar-refractivity contribution in [1.29, 1.82) is 0 Å². The fourth-order valence-electron chi connectivity index (χ4n) is 1.64. The topological polar surface area (TPSA) is 41.6 Å². The monoisotopic (exact) mass is 203 g/mol. The molecule has 3 rings (SSSR count). The molecule has 0 aliphatic rings. The molecule has 3 nitrogen and oxygen atoms in total. The van der Waals surface area contributed by atoms with Crippen LogP contribution in [0.5, 0.6) is 0 Å². The molecule has 3 aromatic rings. The third-order valence-corrected chi connectivity index (χ3v) is 2.46. The summed E-state index contributed by atoms with van der Waals surface area (Å²) >= 11 is 5.89. The minimum Gasteiger partial charge on any atom is -0.345 e. The Hall–Kier alpha value is -1.61. The molecular weight excluding hydrogens is 198 g/mol. The highest BCUT2D eigenvalue weighted by Crippen LogP contribution is 2.25. The third-order valence-electron chi connectivity index (χ3n) is 2.25. The quantitative estimate of drug-likeness (QED) is 0.611. The van der Waals surface area contributed by atoms with Gasteiger partial charge >= 0.3 is 0 Å². The number of fused-ring (bicyclic) bond motifs is 3. The predicted octanol–water partition coefficient (Wildman–Crippen LogP) is 2.76. The van der Waals surface area contributed by atoms with Crippen LogP contribution in [0.1, 0.15) is 0 Å². The molecule has 2 heterocycles. The Labute approximate surface area is 84.7 Å².